The minimum atomic E-state index is -0.377. The summed E-state index contributed by atoms with van der Waals surface area (Å²) in [5, 5.41) is 3.58. The number of benzene rings is 1. The molecule has 1 aromatic rings. The lowest BCUT2D eigenvalue weighted by atomic mass is 10.0. The van der Waals surface area contributed by atoms with Crippen molar-refractivity contribution in [3.8, 4) is 0 Å². The van der Waals surface area contributed by atoms with E-state index in [1.807, 2.05) is 0 Å². The highest BCUT2D eigenvalue weighted by Gasteiger charge is 2.10. The van der Waals surface area contributed by atoms with E-state index in [1.165, 1.54) is 6.07 Å². The number of hydrogen-bond acceptors (Lipinski definition) is 3. The highest BCUT2D eigenvalue weighted by Crippen LogP contribution is 2.17. The van der Waals surface area contributed by atoms with E-state index in [9.17, 15) is 4.39 Å². The summed E-state index contributed by atoms with van der Waals surface area (Å²) in [4.78, 5) is 0. The van der Waals surface area contributed by atoms with Gasteiger partial charge >= 0.3 is 0 Å². The van der Waals surface area contributed by atoms with Gasteiger partial charge in [0.15, 0.2) is 0 Å². The maximum atomic E-state index is 13.1. The molecule has 0 spiro atoms. The average Bonchev–Trinajstić information content (AvgIpc) is 2.43. The molecule has 0 aliphatic heterocycles. The monoisotopic (exact) mass is 303 g/mol. The fourth-order valence-corrected chi connectivity index (χ4v) is 2.19. The van der Waals surface area contributed by atoms with E-state index in [-0.39, 0.29) is 10.8 Å². The molecule has 1 aromatic carbocycles. The predicted octanol–water partition coefficient (Wildman–Crippen LogP) is 3.05. The molecule has 0 heterocycles. The Labute approximate surface area is 125 Å². The van der Waals surface area contributed by atoms with Crippen LogP contribution in [0.5, 0.6) is 0 Å². The van der Waals surface area contributed by atoms with Gasteiger partial charge in [-0.15, -0.1) is 0 Å². The number of nitrogens with one attached hydrogen (secondary N) is 1. The lowest BCUT2D eigenvalue weighted by molar-refractivity contribution is 0.0659. The Hall–Kier alpha value is -0.680. The van der Waals surface area contributed by atoms with Crippen LogP contribution in [0.25, 0.3) is 0 Å². The Balaban J connectivity index is 2.42. The van der Waals surface area contributed by atoms with Crippen LogP contribution in [0.4, 0.5) is 4.39 Å². The zero-order chi connectivity index (χ0) is 14.8. The Morgan fingerprint density at radius 1 is 1.30 bits per heavy atom. The van der Waals surface area contributed by atoms with Crippen molar-refractivity contribution in [2.45, 2.75) is 25.8 Å². The van der Waals surface area contributed by atoms with E-state index in [0.717, 1.165) is 24.9 Å². The third kappa shape index (κ3) is 6.66. The molecule has 0 bridgehead atoms. The van der Waals surface area contributed by atoms with Crippen LogP contribution >= 0.6 is 11.6 Å². The Kier molecular flexibility index (Phi) is 8.78. The van der Waals surface area contributed by atoms with Gasteiger partial charge in [0.05, 0.1) is 18.2 Å². The van der Waals surface area contributed by atoms with Crippen LogP contribution in [0, 0.1) is 5.82 Å². The lowest BCUT2D eigenvalue weighted by Crippen LogP contribution is -2.32. The molecule has 0 aliphatic carbocycles. The molecule has 5 heteroatoms. The molecule has 1 rings (SSSR count). The van der Waals surface area contributed by atoms with Crippen LogP contribution in [0.3, 0.4) is 0 Å². The van der Waals surface area contributed by atoms with Gasteiger partial charge in [-0.3, -0.25) is 0 Å². The van der Waals surface area contributed by atoms with Crippen molar-refractivity contribution in [2.24, 2.45) is 0 Å². The van der Waals surface area contributed by atoms with Crippen LogP contribution in [-0.2, 0) is 15.9 Å². The van der Waals surface area contributed by atoms with Crippen LogP contribution in [-0.4, -0.2) is 39.5 Å². The number of hydrogen-bond donors (Lipinski definition) is 1. The van der Waals surface area contributed by atoms with Crippen molar-refractivity contribution in [3.63, 3.8) is 0 Å². The van der Waals surface area contributed by atoms with E-state index in [1.54, 1.807) is 19.2 Å². The number of rotatable bonds is 10. The van der Waals surface area contributed by atoms with Crippen LogP contribution < -0.4 is 5.32 Å². The maximum Gasteiger partial charge on any atom is 0.141 e. The van der Waals surface area contributed by atoms with Gasteiger partial charge in [0.25, 0.3) is 0 Å². The zero-order valence-electron chi connectivity index (χ0n) is 12.1. The molecular formula is C15H23ClFNO2. The zero-order valence-corrected chi connectivity index (χ0v) is 12.9. The van der Waals surface area contributed by atoms with Crippen molar-refractivity contribution in [2.75, 3.05) is 33.5 Å². The first kappa shape index (κ1) is 17.4. The standard InChI is InChI=1S/C15H23ClFNO2/c1-3-18-13(6-7-20-9-8-19-2)10-12-4-5-15(17)14(16)11-12/h4-5,11,13,18H,3,6-10H2,1-2H3. The molecule has 0 amide bonds. The fourth-order valence-electron chi connectivity index (χ4n) is 1.99. The van der Waals surface area contributed by atoms with Gasteiger partial charge in [-0.2, -0.15) is 0 Å². The third-order valence-corrected chi connectivity index (χ3v) is 3.29. The average molecular weight is 304 g/mol. The second-order valence-electron chi connectivity index (χ2n) is 4.60. The molecule has 1 unspecified atom stereocenters. The topological polar surface area (TPSA) is 30.5 Å². The number of likely N-dealkylation sites (N-methyl/N-ethyl adjacent to an activating group) is 1. The van der Waals surface area contributed by atoms with Crippen molar-refractivity contribution >= 4 is 11.6 Å². The summed E-state index contributed by atoms with van der Waals surface area (Å²) in [5.41, 5.74) is 1.03. The van der Waals surface area contributed by atoms with Gasteiger partial charge in [0, 0.05) is 19.8 Å². The molecule has 1 N–H and O–H groups in total. The van der Waals surface area contributed by atoms with Crippen LogP contribution in [0.1, 0.15) is 18.9 Å². The minimum absolute atomic E-state index is 0.175. The normalized spacial score (nSPS) is 12.6. The maximum absolute atomic E-state index is 13.1. The molecule has 0 radical (unpaired) electrons. The van der Waals surface area contributed by atoms with Gasteiger partial charge < -0.3 is 14.8 Å². The van der Waals surface area contributed by atoms with Crippen molar-refractivity contribution in [1.29, 1.82) is 0 Å². The second-order valence-corrected chi connectivity index (χ2v) is 5.01. The molecule has 0 fully saturated rings. The highest BCUT2D eigenvalue weighted by molar-refractivity contribution is 6.30. The molecule has 114 valence electrons. The van der Waals surface area contributed by atoms with Crippen LogP contribution in [0.15, 0.2) is 18.2 Å². The number of methoxy groups -OCH3 is 1. The SMILES string of the molecule is CCNC(CCOCCOC)Cc1ccc(F)c(Cl)c1. The first-order valence-corrected chi connectivity index (χ1v) is 7.29. The second kappa shape index (κ2) is 10.1. The summed E-state index contributed by atoms with van der Waals surface area (Å²) >= 11 is 5.80. The largest absolute Gasteiger partial charge is 0.382 e. The van der Waals surface area contributed by atoms with Gasteiger partial charge in [-0.05, 0) is 37.1 Å². The van der Waals surface area contributed by atoms with E-state index in [2.05, 4.69) is 12.2 Å². The summed E-state index contributed by atoms with van der Waals surface area (Å²) in [6.07, 6.45) is 1.70. The minimum Gasteiger partial charge on any atom is -0.382 e. The highest BCUT2D eigenvalue weighted by atomic mass is 35.5. The first-order chi connectivity index (χ1) is 9.67. The van der Waals surface area contributed by atoms with E-state index < -0.39 is 0 Å². The summed E-state index contributed by atoms with van der Waals surface area (Å²) in [7, 11) is 1.66. The summed E-state index contributed by atoms with van der Waals surface area (Å²) in [5.74, 6) is -0.377. The van der Waals surface area contributed by atoms with E-state index in [0.29, 0.717) is 25.9 Å². The lowest BCUT2D eigenvalue weighted by Gasteiger charge is -2.18. The van der Waals surface area contributed by atoms with Gasteiger partial charge in [0.2, 0.25) is 0 Å². The molecule has 0 aromatic heterocycles. The third-order valence-electron chi connectivity index (χ3n) is 3.00. The summed E-state index contributed by atoms with van der Waals surface area (Å²) in [6, 6.07) is 5.17. The van der Waals surface area contributed by atoms with E-state index >= 15 is 0 Å². The molecule has 20 heavy (non-hydrogen) atoms. The fraction of sp³-hybridized carbons (Fsp3) is 0.600. The molecule has 0 aliphatic rings. The Morgan fingerprint density at radius 3 is 2.75 bits per heavy atom. The predicted molar refractivity (Wildman–Crippen MR) is 79.9 cm³/mol. The molecule has 1 atom stereocenters. The first-order valence-electron chi connectivity index (χ1n) is 6.91. The quantitative estimate of drug-likeness (QED) is 0.674. The molecule has 0 saturated carbocycles. The van der Waals surface area contributed by atoms with Gasteiger partial charge in [-0.1, -0.05) is 24.6 Å². The van der Waals surface area contributed by atoms with Gasteiger partial charge in [0.1, 0.15) is 5.82 Å². The molecule has 0 saturated heterocycles. The number of ether oxygens (including phenoxy) is 2. The van der Waals surface area contributed by atoms with Crippen LogP contribution in [0.2, 0.25) is 5.02 Å². The van der Waals surface area contributed by atoms with Crippen molar-refractivity contribution in [3.05, 3.63) is 34.6 Å². The summed E-state index contributed by atoms with van der Waals surface area (Å²) < 4.78 is 23.5. The summed E-state index contributed by atoms with van der Waals surface area (Å²) in [6.45, 7) is 4.85. The van der Waals surface area contributed by atoms with Crippen molar-refractivity contribution < 1.29 is 13.9 Å². The Morgan fingerprint density at radius 2 is 2.10 bits per heavy atom. The molecular weight excluding hydrogens is 281 g/mol. The smallest absolute Gasteiger partial charge is 0.141 e. The van der Waals surface area contributed by atoms with Crippen molar-refractivity contribution in [1.82, 2.24) is 5.32 Å². The molecule has 3 nitrogen and oxygen atoms in total. The van der Waals surface area contributed by atoms with E-state index in [4.69, 9.17) is 21.1 Å². The number of halogens is 2. The van der Waals surface area contributed by atoms with Gasteiger partial charge in [-0.25, -0.2) is 4.39 Å². The Bertz CT molecular complexity index is 390.